The van der Waals surface area contributed by atoms with Crippen molar-refractivity contribution in [2.45, 2.75) is 71.2 Å². The zero-order valence-corrected chi connectivity index (χ0v) is 12.4. The first-order chi connectivity index (χ1) is 9.28. The fraction of sp³-hybridized carbons (Fsp3) is 0.786. The van der Waals surface area contributed by atoms with E-state index in [-0.39, 0.29) is 30.4 Å². The highest BCUT2D eigenvalue weighted by Crippen LogP contribution is 2.39. The van der Waals surface area contributed by atoms with Crippen molar-refractivity contribution in [3.05, 3.63) is 11.1 Å². The standard InChI is InChI=1S/C14H21NO5/c1-6(2)8-11(16)15-12(8)18-9-7(3)17-13-10(9)19-14(4,5)20-13/h7,9-10,12-13H,1-5H3,(H,15,16)/t7-,9+,10-,12+,13-/m1/s1. The topological polar surface area (TPSA) is 66.0 Å². The Bertz CT molecular complexity index is 468. The second-order valence-electron chi connectivity index (χ2n) is 6.18. The second-order valence-corrected chi connectivity index (χ2v) is 6.18. The van der Waals surface area contributed by atoms with Crippen LogP contribution in [0.1, 0.15) is 34.6 Å². The molecule has 0 bridgehead atoms. The number of hydrogen-bond acceptors (Lipinski definition) is 5. The van der Waals surface area contributed by atoms with Gasteiger partial charge >= 0.3 is 0 Å². The van der Waals surface area contributed by atoms with Crippen molar-refractivity contribution in [2.24, 2.45) is 0 Å². The Morgan fingerprint density at radius 3 is 2.60 bits per heavy atom. The summed E-state index contributed by atoms with van der Waals surface area (Å²) in [5.74, 6) is -0.735. The molecule has 0 aliphatic carbocycles. The number of ether oxygens (including phenoxy) is 4. The predicted octanol–water partition coefficient (Wildman–Crippen LogP) is 1.06. The van der Waals surface area contributed by atoms with E-state index in [0.717, 1.165) is 5.57 Å². The molecular weight excluding hydrogens is 262 g/mol. The Balaban J connectivity index is 1.72. The summed E-state index contributed by atoms with van der Waals surface area (Å²) in [5, 5.41) is 2.75. The molecule has 112 valence electrons. The van der Waals surface area contributed by atoms with E-state index in [0.29, 0.717) is 5.57 Å². The third kappa shape index (κ3) is 2.16. The molecule has 0 unspecified atom stereocenters. The van der Waals surface area contributed by atoms with Crippen LogP contribution >= 0.6 is 0 Å². The molecule has 3 fully saturated rings. The van der Waals surface area contributed by atoms with Crippen LogP contribution in [0, 0.1) is 0 Å². The zero-order valence-electron chi connectivity index (χ0n) is 12.4. The van der Waals surface area contributed by atoms with E-state index in [2.05, 4.69) is 5.32 Å². The van der Waals surface area contributed by atoms with Crippen molar-refractivity contribution in [3.8, 4) is 0 Å². The number of hydrogen-bond donors (Lipinski definition) is 1. The molecular formula is C14H21NO5. The number of β-lactam (4-membered cyclic amide) rings is 1. The monoisotopic (exact) mass is 283 g/mol. The van der Waals surface area contributed by atoms with Gasteiger partial charge in [0.15, 0.2) is 18.3 Å². The Labute approximate surface area is 118 Å². The van der Waals surface area contributed by atoms with E-state index < -0.39 is 12.1 Å². The Morgan fingerprint density at radius 1 is 1.30 bits per heavy atom. The van der Waals surface area contributed by atoms with E-state index in [9.17, 15) is 4.79 Å². The lowest BCUT2D eigenvalue weighted by Crippen LogP contribution is -2.56. The lowest BCUT2D eigenvalue weighted by Gasteiger charge is -2.35. The maximum absolute atomic E-state index is 11.5. The average Bonchev–Trinajstić information content (AvgIpc) is 2.70. The molecule has 0 aromatic carbocycles. The van der Waals surface area contributed by atoms with Gasteiger partial charge in [-0.2, -0.15) is 0 Å². The Morgan fingerprint density at radius 2 is 2.00 bits per heavy atom. The molecule has 3 aliphatic heterocycles. The maximum atomic E-state index is 11.5. The van der Waals surface area contributed by atoms with Crippen LogP contribution in [0.4, 0.5) is 0 Å². The number of nitrogens with one attached hydrogen (secondary N) is 1. The number of carbonyl (C=O) groups is 1. The van der Waals surface area contributed by atoms with Gasteiger partial charge in [-0.25, -0.2) is 0 Å². The zero-order chi connectivity index (χ0) is 14.7. The lowest BCUT2D eigenvalue weighted by atomic mass is 10.0. The number of rotatable bonds is 2. The molecule has 0 aromatic heterocycles. The summed E-state index contributed by atoms with van der Waals surface area (Å²) in [6.07, 6.45) is -1.46. The summed E-state index contributed by atoms with van der Waals surface area (Å²) in [6, 6.07) is 0. The summed E-state index contributed by atoms with van der Waals surface area (Å²) < 4.78 is 23.2. The summed E-state index contributed by atoms with van der Waals surface area (Å²) in [5.41, 5.74) is 1.66. The van der Waals surface area contributed by atoms with Gasteiger partial charge < -0.3 is 24.3 Å². The van der Waals surface area contributed by atoms with Crippen molar-refractivity contribution in [1.29, 1.82) is 0 Å². The lowest BCUT2D eigenvalue weighted by molar-refractivity contribution is -0.220. The van der Waals surface area contributed by atoms with Gasteiger partial charge in [-0.3, -0.25) is 4.79 Å². The van der Waals surface area contributed by atoms with Crippen molar-refractivity contribution in [1.82, 2.24) is 5.32 Å². The third-order valence-electron chi connectivity index (χ3n) is 3.82. The van der Waals surface area contributed by atoms with E-state index >= 15 is 0 Å². The SMILES string of the molecule is CC(C)=C1C(=O)N[C@H]1O[C@@H]1[C@H]2OC(C)(C)O[C@H]2O[C@@H]1C. The fourth-order valence-electron chi connectivity index (χ4n) is 2.89. The molecule has 0 saturated carbocycles. The first-order valence-electron chi connectivity index (χ1n) is 6.93. The van der Waals surface area contributed by atoms with Crippen LogP contribution in [0.25, 0.3) is 0 Å². The average molecular weight is 283 g/mol. The molecule has 1 amide bonds. The van der Waals surface area contributed by atoms with Gasteiger partial charge in [0.2, 0.25) is 0 Å². The molecule has 0 aromatic rings. The van der Waals surface area contributed by atoms with Crippen molar-refractivity contribution in [2.75, 3.05) is 0 Å². The van der Waals surface area contributed by atoms with Gasteiger partial charge in [-0.15, -0.1) is 0 Å². The van der Waals surface area contributed by atoms with Crippen LogP contribution in [-0.2, 0) is 23.7 Å². The first-order valence-corrected chi connectivity index (χ1v) is 6.93. The molecule has 0 radical (unpaired) electrons. The van der Waals surface area contributed by atoms with Gasteiger partial charge in [0.05, 0.1) is 11.7 Å². The van der Waals surface area contributed by atoms with Crippen molar-refractivity contribution >= 4 is 5.91 Å². The minimum Gasteiger partial charge on any atom is -0.345 e. The molecule has 1 N–H and O–H groups in total. The van der Waals surface area contributed by atoms with Crippen molar-refractivity contribution < 1.29 is 23.7 Å². The number of amides is 1. The minimum atomic E-state index is -0.667. The Hall–Kier alpha value is -0.950. The number of allylic oxidation sites excluding steroid dienone is 1. The van der Waals surface area contributed by atoms with Crippen LogP contribution in [0.2, 0.25) is 0 Å². The van der Waals surface area contributed by atoms with E-state index in [1.807, 2.05) is 34.6 Å². The molecule has 3 aliphatic rings. The minimum absolute atomic E-state index is 0.0676. The van der Waals surface area contributed by atoms with Gasteiger partial charge in [0, 0.05) is 0 Å². The summed E-state index contributed by atoms with van der Waals surface area (Å²) in [6.45, 7) is 9.43. The smallest absolute Gasteiger partial charge is 0.253 e. The largest absolute Gasteiger partial charge is 0.345 e. The van der Waals surface area contributed by atoms with Crippen LogP contribution in [0.15, 0.2) is 11.1 Å². The van der Waals surface area contributed by atoms with Crippen LogP contribution in [0.5, 0.6) is 0 Å². The van der Waals surface area contributed by atoms with E-state index in [1.165, 1.54) is 0 Å². The van der Waals surface area contributed by atoms with Gasteiger partial charge in [0.1, 0.15) is 12.2 Å². The molecule has 20 heavy (non-hydrogen) atoms. The van der Waals surface area contributed by atoms with Crippen LogP contribution in [-0.4, -0.2) is 42.5 Å². The van der Waals surface area contributed by atoms with Crippen molar-refractivity contribution in [3.63, 3.8) is 0 Å². The fourth-order valence-corrected chi connectivity index (χ4v) is 2.89. The molecule has 3 rings (SSSR count). The Kier molecular flexibility index (Phi) is 3.17. The van der Waals surface area contributed by atoms with E-state index in [1.54, 1.807) is 0 Å². The first kappa shape index (κ1) is 14.0. The third-order valence-corrected chi connectivity index (χ3v) is 3.82. The molecule has 5 atom stereocenters. The molecule has 3 heterocycles. The number of fused-ring (bicyclic) bond motifs is 1. The van der Waals surface area contributed by atoms with Gasteiger partial charge in [-0.1, -0.05) is 5.57 Å². The molecule has 6 nitrogen and oxygen atoms in total. The van der Waals surface area contributed by atoms with Crippen LogP contribution < -0.4 is 5.32 Å². The molecule has 6 heteroatoms. The summed E-state index contributed by atoms with van der Waals surface area (Å²) in [7, 11) is 0. The van der Waals surface area contributed by atoms with E-state index in [4.69, 9.17) is 18.9 Å². The van der Waals surface area contributed by atoms with Gasteiger partial charge in [-0.05, 0) is 34.6 Å². The molecule has 0 spiro atoms. The maximum Gasteiger partial charge on any atom is 0.253 e. The predicted molar refractivity (Wildman–Crippen MR) is 69.5 cm³/mol. The highest BCUT2D eigenvalue weighted by molar-refractivity contribution is 6.01. The summed E-state index contributed by atoms with van der Waals surface area (Å²) >= 11 is 0. The van der Waals surface area contributed by atoms with Gasteiger partial charge in [0.25, 0.3) is 5.91 Å². The highest BCUT2D eigenvalue weighted by Gasteiger charge is 2.55. The normalized spacial score (nSPS) is 42.1. The van der Waals surface area contributed by atoms with Crippen LogP contribution in [0.3, 0.4) is 0 Å². The number of carbonyl (C=O) groups excluding carboxylic acids is 1. The molecule has 3 saturated heterocycles. The highest BCUT2D eigenvalue weighted by atomic mass is 16.8. The second kappa shape index (κ2) is 4.53. The summed E-state index contributed by atoms with van der Waals surface area (Å²) in [4.78, 5) is 11.5. The quantitative estimate of drug-likeness (QED) is 0.606.